The fourth-order valence-corrected chi connectivity index (χ4v) is 2.03. The second-order valence-electron chi connectivity index (χ2n) is 5.66. The van der Waals surface area contributed by atoms with E-state index in [-0.39, 0.29) is 11.1 Å². The molecular formula is C16H18N2O2. The van der Waals surface area contributed by atoms with Crippen molar-refractivity contribution in [3.63, 3.8) is 0 Å². The molecule has 0 saturated carbocycles. The molecule has 1 aromatic heterocycles. The van der Waals surface area contributed by atoms with Gasteiger partial charge in [0.2, 0.25) is 0 Å². The smallest absolute Gasteiger partial charge is 0.354 e. The lowest BCUT2D eigenvalue weighted by atomic mass is 9.86. The van der Waals surface area contributed by atoms with E-state index in [1.807, 2.05) is 18.2 Å². The summed E-state index contributed by atoms with van der Waals surface area (Å²) in [5.74, 6) is -1.03. The maximum absolute atomic E-state index is 10.9. The average Bonchev–Trinajstić information content (AvgIpc) is 2.38. The van der Waals surface area contributed by atoms with E-state index >= 15 is 0 Å². The average molecular weight is 270 g/mol. The lowest BCUT2D eigenvalue weighted by molar-refractivity contribution is 0.0690. The van der Waals surface area contributed by atoms with Crippen molar-refractivity contribution in [1.29, 1.82) is 0 Å². The van der Waals surface area contributed by atoms with Crippen LogP contribution in [0.25, 0.3) is 0 Å². The van der Waals surface area contributed by atoms with Gasteiger partial charge in [-0.05, 0) is 29.2 Å². The monoisotopic (exact) mass is 270 g/mol. The molecule has 104 valence electrons. The summed E-state index contributed by atoms with van der Waals surface area (Å²) in [4.78, 5) is 14.8. The summed E-state index contributed by atoms with van der Waals surface area (Å²) in [7, 11) is 0. The van der Waals surface area contributed by atoms with E-state index in [4.69, 9.17) is 5.11 Å². The molecule has 2 N–H and O–H groups in total. The molecule has 0 aliphatic carbocycles. The van der Waals surface area contributed by atoms with E-state index in [2.05, 4.69) is 37.1 Å². The largest absolute Gasteiger partial charge is 0.477 e. The quantitative estimate of drug-likeness (QED) is 0.890. The normalized spacial score (nSPS) is 11.2. The van der Waals surface area contributed by atoms with Crippen LogP contribution in [0.5, 0.6) is 0 Å². The molecule has 0 radical (unpaired) electrons. The molecule has 4 nitrogen and oxygen atoms in total. The third kappa shape index (κ3) is 3.15. The van der Waals surface area contributed by atoms with Crippen molar-refractivity contribution in [1.82, 2.24) is 4.98 Å². The van der Waals surface area contributed by atoms with Crippen molar-refractivity contribution < 1.29 is 9.90 Å². The van der Waals surface area contributed by atoms with Crippen LogP contribution in [-0.4, -0.2) is 16.1 Å². The van der Waals surface area contributed by atoms with Crippen LogP contribution in [-0.2, 0) is 5.41 Å². The molecule has 0 unspecified atom stereocenters. The molecule has 1 aromatic carbocycles. The number of anilines is 2. The lowest BCUT2D eigenvalue weighted by Gasteiger charge is -2.23. The molecule has 2 aromatic rings. The highest BCUT2D eigenvalue weighted by Crippen LogP contribution is 2.31. The minimum atomic E-state index is -1.03. The van der Waals surface area contributed by atoms with Crippen molar-refractivity contribution in [2.24, 2.45) is 0 Å². The Morgan fingerprint density at radius 3 is 2.55 bits per heavy atom. The highest BCUT2D eigenvalue weighted by atomic mass is 16.4. The first-order valence-corrected chi connectivity index (χ1v) is 6.44. The van der Waals surface area contributed by atoms with Crippen LogP contribution < -0.4 is 5.32 Å². The third-order valence-electron chi connectivity index (χ3n) is 2.99. The molecule has 1 heterocycles. The SMILES string of the molecule is CC(C)(C)c1ccccc1Nc1ccnc(C(=O)O)c1. The molecule has 0 bridgehead atoms. The number of hydrogen-bond donors (Lipinski definition) is 2. The van der Waals surface area contributed by atoms with Crippen molar-refractivity contribution in [2.75, 3.05) is 5.32 Å². The molecule has 0 atom stereocenters. The molecular weight excluding hydrogens is 252 g/mol. The Balaban J connectivity index is 2.36. The Morgan fingerprint density at radius 1 is 1.20 bits per heavy atom. The van der Waals surface area contributed by atoms with Gasteiger partial charge in [0.25, 0.3) is 0 Å². The molecule has 0 fully saturated rings. The predicted molar refractivity (Wildman–Crippen MR) is 79.6 cm³/mol. The highest BCUT2D eigenvalue weighted by molar-refractivity contribution is 5.86. The number of carboxylic acids is 1. The van der Waals surface area contributed by atoms with Crippen molar-refractivity contribution in [2.45, 2.75) is 26.2 Å². The van der Waals surface area contributed by atoms with Crippen LogP contribution in [0.4, 0.5) is 11.4 Å². The summed E-state index contributed by atoms with van der Waals surface area (Å²) in [5, 5.41) is 12.2. The van der Waals surface area contributed by atoms with Gasteiger partial charge in [0, 0.05) is 17.6 Å². The summed E-state index contributed by atoms with van der Waals surface area (Å²) in [6.07, 6.45) is 1.49. The van der Waals surface area contributed by atoms with Crippen LogP contribution >= 0.6 is 0 Å². The van der Waals surface area contributed by atoms with Gasteiger partial charge in [-0.15, -0.1) is 0 Å². The number of aromatic nitrogens is 1. The molecule has 0 aliphatic heterocycles. The summed E-state index contributed by atoms with van der Waals surface area (Å²) in [5.41, 5.74) is 2.90. The summed E-state index contributed by atoms with van der Waals surface area (Å²) in [6.45, 7) is 6.42. The number of aromatic carboxylic acids is 1. The number of nitrogens with zero attached hydrogens (tertiary/aromatic N) is 1. The lowest BCUT2D eigenvalue weighted by Crippen LogP contribution is -2.13. The van der Waals surface area contributed by atoms with Gasteiger partial charge in [0.05, 0.1) is 0 Å². The molecule has 2 rings (SSSR count). The first kappa shape index (κ1) is 14.1. The summed E-state index contributed by atoms with van der Waals surface area (Å²) < 4.78 is 0. The van der Waals surface area contributed by atoms with Gasteiger partial charge in [0.15, 0.2) is 0 Å². The number of rotatable bonds is 3. The number of benzene rings is 1. The fourth-order valence-electron chi connectivity index (χ4n) is 2.03. The van der Waals surface area contributed by atoms with Gasteiger partial charge in [-0.2, -0.15) is 0 Å². The second-order valence-corrected chi connectivity index (χ2v) is 5.66. The predicted octanol–water partition coefficient (Wildman–Crippen LogP) is 3.82. The maximum atomic E-state index is 10.9. The van der Waals surface area contributed by atoms with Crippen LogP contribution in [0.1, 0.15) is 36.8 Å². The number of nitrogens with one attached hydrogen (secondary N) is 1. The van der Waals surface area contributed by atoms with Crippen LogP contribution in [0, 0.1) is 0 Å². The maximum Gasteiger partial charge on any atom is 0.354 e. The Kier molecular flexibility index (Phi) is 3.74. The minimum absolute atomic E-state index is 0.00620. The van der Waals surface area contributed by atoms with Crippen molar-refractivity contribution in [3.8, 4) is 0 Å². The zero-order valence-electron chi connectivity index (χ0n) is 11.8. The van der Waals surface area contributed by atoms with E-state index in [0.717, 1.165) is 5.69 Å². The van der Waals surface area contributed by atoms with Gasteiger partial charge in [-0.3, -0.25) is 0 Å². The molecule has 0 aliphatic rings. The van der Waals surface area contributed by atoms with Gasteiger partial charge in [-0.1, -0.05) is 39.0 Å². The van der Waals surface area contributed by atoms with E-state index in [0.29, 0.717) is 5.69 Å². The molecule has 0 spiro atoms. The second kappa shape index (κ2) is 5.33. The van der Waals surface area contributed by atoms with E-state index in [1.165, 1.54) is 17.8 Å². The number of para-hydroxylation sites is 1. The van der Waals surface area contributed by atoms with E-state index in [1.54, 1.807) is 6.07 Å². The molecule has 20 heavy (non-hydrogen) atoms. The van der Waals surface area contributed by atoms with Gasteiger partial charge < -0.3 is 10.4 Å². The third-order valence-corrected chi connectivity index (χ3v) is 2.99. The molecule has 0 amide bonds. The minimum Gasteiger partial charge on any atom is -0.477 e. The standard InChI is InChI=1S/C16H18N2O2/c1-16(2,3)12-6-4-5-7-13(12)18-11-8-9-17-14(10-11)15(19)20/h4-10H,1-3H3,(H,17,18)(H,19,20). The Labute approximate surface area is 118 Å². The summed E-state index contributed by atoms with van der Waals surface area (Å²) >= 11 is 0. The highest BCUT2D eigenvalue weighted by Gasteiger charge is 2.17. The molecule has 4 heteroatoms. The van der Waals surface area contributed by atoms with Gasteiger partial charge >= 0.3 is 5.97 Å². The Bertz CT molecular complexity index is 630. The topological polar surface area (TPSA) is 62.2 Å². The van der Waals surface area contributed by atoms with E-state index < -0.39 is 5.97 Å². The van der Waals surface area contributed by atoms with Crippen molar-refractivity contribution >= 4 is 17.3 Å². The Hall–Kier alpha value is -2.36. The van der Waals surface area contributed by atoms with E-state index in [9.17, 15) is 4.79 Å². The fraction of sp³-hybridized carbons (Fsp3) is 0.250. The Morgan fingerprint density at radius 2 is 1.90 bits per heavy atom. The number of pyridine rings is 1. The van der Waals surface area contributed by atoms with Crippen molar-refractivity contribution in [3.05, 3.63) is 53.9 Å². The van der Waals surface area contributed by atoms with Gasteiger partial charge in [-0.25, -0.2) is 9.78 Å². The van der Waals surface area contributed by atoms with Crippen LogP contribution in [0.3, 0.4) is 0 Å². The first-order chi connectivity index (χ1) is 9.38. The van der Waals surface area contributed by atoms with Gasteiger partial charge in [0.1, 0.15) is 5.69 Å². The number of carbonyl (C=O) groups is 1. The first-order valence-electron chi connectivity index (χ1n) is 6.44. The summed E-state index contributed by atoms with van der Waals surface area (Å²) in [6, 6.07) is 11.3. The number of hydrogen-bond acceptors (Lipinski definition) is 3. The number of carboxylic acid groups (broad SMARTS) is 1. The van der Waals surface area contributed by atoms with Crippen LogP contribution in [0.2, 0.25) is 0 Å². The van der Waals surface area contributed by atoms with Crippen LogP contribution in [0.15, 0.2) is 42.6 Å². The zero-order valence-corrected chi connectivity index (χ0v) is 11.8. The molecule has 0 saturated heterocycles. The zero-order chi connectivity index (χ0) is 14.8.